The third-order valence-electron chi connectivity index (χ3n) is 10.5. The van der Waals surface area contributed by atoms with E-state index in [0.29, 0.717) is 43.9 Å². The number of benzene rings is 2. The zero-order valence-electron chi connectivity index (χ0n) is 28.2. The molecule has 3 aliphatic carbocycles. The lowest BCUT2D eigenvalue weighted by Crippen LogP contribution is -2.45. The van der Waals surface area contributed by atoms with Crippen molar-refractivity contribution in [1.82, 2.24) is 5.32 Å². The van der Waals surface area contributed by atoms with E-state index in [2.05, 4.69) is 35.8 Å². The van der Waals surface area contributed by atoms with Crippen LogP contribution in [0.3, 0.4) is 0 Å². The van der Waals surface area contributed by atoms with Crippen LogP contribution in [0.15, 0.2) is 30.3 Å². The average molecular weight is 668 g/mol. The van der Waals surface area contributed by atoms with Gasteiger partial charge in [-0.1, -0.05) is 13.0 Å². The summed E-state index contributed by atoms with van der Waals surface area (Å²) in [6.45, 7) is 3.58. The molecule has 0 aromatic heterocycles. The van der Waals surface area contributed by atoms with Crippen LogP contribution in [0.25, 0.3) is 0 Å². The lowest BCUT2D eigenvalue weighted by atomic mass is 9.55. The number of nitrogens with two attached hydrogens (primary N) is 1. The van der Waals surface area contributed by atoms with Crippen molar-refractivity contribution >= 4 is 23.4 Å². The van der Waals surface area contributed by atoms with E-state index in [-0.39, 0.29) is 54.2 Å². The van der Waals surface area contributed by atoms with E-state index >= 15 is 0 Å². The standard InChI is InChI=1S/C36H49N3O9/c1-36-14-12-25-24-7-5-23(44-2)20-22(24)4-6-26(25)27(36)8-11-30(36)48-16-13-31(40)38-15-17-46-18-19-47-21-32(41)39-28-9-10-29(45-3)33(34(28)42)35(37)43/h5,7,9-10,20,25-27,30,42H,4,6,8,11-19,21H2,1-3H3,(H2,37,43)(H,38,40)(H,39,41). The SMILES string of the molecule is COc1ccc2c(c1)CCC1C2CCC2(C)C(OCCC(=O)NCCOCCOCC(=O)Nc3ccc(OC)c(C(N)=O)c3O)CCC12. The summed E-state index contributed by atoms with van der Waals surface area (Å²) in [7, 11) is 3.07. The first-order chi connectivity index (χ1) is 23.2. The van der Waals surface area contributed by atoms with Crippen LogP contribution < -0.4 is 25.8 Å². The van der Waals surface area contributed by atoms with Crippen molar-refractivity contribution in [2.24, 2.45) is 23.0 Å². The molecule has 0 heterocycles. The van der Waals surface area contributed by atoms with Crippen molar-refractivity contribution in [2.75, 3.05) is 59.1 Å². The number of rotatable bonds is 16. The number of aromatic hydroxyl groups is 1. The van der Waals surface area contributed by atoms with Gasteiger partial charge in [0.2, 0.25) is 11.8 Å². The van der Waals surface area contributed by atoms with Crippen molar-refractivity contribution < 1.29 is 43.2 Å². The third-order valence-corrected chi connectivity index (χ3v) is 10.5. The number of fused-ring (bicyclic) bond motifs is 5. The number of ether oxygens (including phenoxy) is 5. The summed E-state index contributed by atoms with van der Waals surface area (Å²) in [5, 5.41) is 15.6. The number of hydrogen-bond acceptors (Lipinski definition) is 9. The zero-order chi connectivity index (χ0) is 34.3. The summed E-state index contributed by atoms with van der Waals surface area (Å²) in [6, 6.07) is 9.43. The highest BCUT2D eigenvalue weighted by Crippen LogP contribution is 2.61. The van der Waals surface area contributed by atoms with Crippen LogP contribution in [0.5, 0.6) is 17.2 Å². The Morgan fingerprint density at radius 1 is 0.958 bits per heavy atom. The van der Waals surface area contributed by atoms with Crippen molar-refractivity contribution in [2.45, 2.75) is 63.9 Å². The van der Waals surface area contributed by atoms with Gasteiger partial charge in [0.1, 0.15) is 23.7 Å². The number of nitrogens with one attached hydrogen (secondary N) is 2. The van der Waals surface area contributed by atoms with Gasteiger partial charge < -0.3 is 45.2 Å². The first kappa shape index (κ1) is 35.4. The summed E-state index contributed by atoms with van der Waals surface area (Å²) >= 11 is 0. The molecular formula is C36H49N3O9. The van der Waals surface area contributed by atoms with Crippen LogP contribution >= 0.6 is 0 Å². The Labute approximate surface area is 282 Å². The molecule has 12 heteroatoms. The second-order valence-electron chi connectivity index (χ2n) is 13.2. The summed E-state index contributed by atoms with van der Waals surface area (Å²) in [4.78, 5) is 36.2. The van der Waals surface area contributed by atoms with Crippen LogP contribution in [-0.2, 0) is 30.2 Å². The number of aryl methyl sites for hydroxylation is 1. The van der Waals surface area contributed by atoms with Crippen LogP contribution in [-0.4, -0.2) is 82.7 Å². The minimum Gasteiger partial charge on any atom is -0.505 e. The van der Waals surface area contributed by atoms with Crippen molar-refractivity contribution in [1.29, 1.82) is 0 Å². The first-order valence-electron chi connectivity index (χ1n) is 16.9. The van der Waals surface area contributed by atoms with Crippen molar-refractivity contribution in [3.8, 4) is 17.2 Å². The summed E-state index contributed by atoms with van der Waals surface area (Å²) in [5.41, 5.74) is 8.21. The van der Waals surface area contributed by atoms with Crippen molar-refractivity contribution in [3.63, 3.8) is 0 Å². The molecule has 5 N–H and O–H groups in total. The Kier molecular flexibility index (Phi) is 11.8. The molecule has 3 aliphatic rings. The molecule has 262 valence electrons. The van der Waals surface area contributed by atoms with E-state index in [1.54, 1.807) is 7.11 Å². The number of carbonyl (C=O) groups is 3. The molecule has 5 unspecified atom stereocenters. The summed E-state index contributed by atoms with van der Waals surface area (Å²) in [6.07, 6.45) is 7.41. The van der Waals surface area contributed by atoms with Gasteiger partial charge in [0, 0.05) is 13.0 Å². The third kappa shape index (κ3) is 7.88. The van der Waals surface area contributed by atoms with E-state index in [4.69, 9.17) is 29.4 Å². The van der Waals surface area contributed by atoms with Crippen LogP contribution in [0.1, 0.15) is 72.9 Å². The number of carbonyl (C=O) groups excluding carboxylic acids is 3. The van der Waals surface area contributed by atoms with Crippen LogP contribution in [0.2, 0.25) is 0 Å². The molecule has 2 fully saturated rings. The van der Waals surface area contributed by atoms with Gasteiger partial charge in [-0.25, -0.2) is 0 Å². The second kappa shape index (κ2) is 16.0. The molecule has 0 aliphatic heterocycles. The Balaban J connectivity index is 0.931. The second-order valence-corrected chi connectivity index (χ2v) is 13.2. The Morgan fingerprint density at radius 2 is 1.77 bits per heavy atom. The molecule has 0 bridgehead atoms. The van der Waals surface area contributed by atoms with Gasteiger partial charge >= 0.3 is 0 Å². The number of phenols is 1. The molecule has 0 saturated heterocycles. The zero-order valence-corrected chi connectivity index (χ0v) is 28.2. The lowest BCUT2D eigenvalue weighted by molar-refractivity contribution is -0.124. The van der Waals surface area contributed by atoms with Gasteiger partial charge in [-0.2, -0.15) is 0 Å². The maximum Gasteiger partial charge on any atom is 0.256 e. The topological polar surface area (TPSA) is 168 Å². The smallest absolute Gasteiger partial charge is 0.256 e. The van der Waals surface area contributed by atoms with Gasteiger partial charge in [0.15, 0.2) is 5.75 Å². The predicted octanol–water partition coefficient (Wildman–Crippen LogP) is 3.93. The predicted molar refractivity (Wildman–Crippen MR) is 178 cm³/mol. The Bertz CT molecular complexity index is 1470. The molecule has 5 atom stereocenters. The fraction of sp³-hybridized carbons (Fsp3) is 0.583. The molecule has 3 amide bonds. The molecular weight excluding hydrogens is 618 g/mol. The van der Waals surface area contributed by atoms with Gasteiger partial charge in [-0.3, -0.25) is 14.4 Å². The Morgan fingerprint density at radius 3 is 2.54 bits per heavy atom. The molecule has 0 radical (unpaired) electrons. The number of amides is 3. The monoisotopic (exact) mass is 667 g/mol. The van der Waals surface area contributed by atoms with Gasteiger partial charge in [-0.15, -0.1) is 0 Å². The highest BCUT2D eigenvalue weighted by atomic mass is 16.5. The number of hydrogen-bond donors (Lipinski definition) is 4. The maximum absolute atomic E-state index is 12.4. The fourth-order valence-electron chi connectivity index (χ4n) is 8.21. The van der Waals surface area contributed by atoms with E-state index in [0.717, 1.165) is 25.0 Å². The molecule has 0 spiro atoms. The Hall–Kier alpha value is -3.87. The normalized spacial score (nSPS) is 24.1. The summed E-state index contributed by atoms with van der Waals surface area (Å²) < 4.78 is 27.7. The van der Waals surface area contributed by atoms with Gasteiger partial charge in [-0.05, 0) is 97.1 Å². The molecule has 12 nitrogen and oxygen atoms in total. The molecule has 5 rings (SSSR count). The van der Waals surface area contributed by atoms with Crippen LogP contribution in [0, 0.1) is 17.3 Å². The largest absolute Gasteiger partial charge is 0.505 e. The first-order valence-corrected chi connectivity index (χ1v) is 16.9. The lowest BCUT2D eigenvalue weighted by Gasteiger charge is -2.50. The van der Waals surface area contributed by atoms with Gasteiger partial charge in [0.05, 0.1) is 52.4 Å². The molecule has 2 saturated carbocycles. The highest BCUT2D eigenvalue weighted by Gasteiger charge is 2.55. The fourth-order valence-corrected chi connectivity index (χ4v) is 8.21. The van der Waals surface area contributed by atoms with E-state index in [1.807, 2.05) is 0 Å². The number of anilines is 1. The van der Waals surface area contributed by atoms with Crippen LogP contribution in [0.4, 0.5) is 5.69 Å². The summed E-state index contributed by atoms with van der Waals surface area (Å²) in [5.74, 6) is 1.03. The quantitative estimate of drug-likeness (QED) is 0.153. The number of primary amides is 1. The highest BCUT2D eigenvalue weighted by molar-refractivity contribution is 6.02. The van der Waals surface area contributed by atoms with E-state index < -0.39 is 17.6 Å². The van der Waals surface area contributed by atoms with E-state index in [9.17, 15) is 19.5 Å². The molecule has 48 heavy (non-hydrogen) atoms. The van der Waals surface area contributed by atoms with Gasteiger partial charge in [0.25, 0.3) is 5.91 Å². The minimum absolute atomic E-state index is 0.0113. The molecule has 2 aromatic carbocycles. The minimum atomic E-state index is -0.888. The maximum atomic E-state index is 12.4. The average Bonchev–Trinajstić information content (AvgIpc) is 3.42. The number of methoxy groups -OCH3 is 2. The van der Waals surface area contributed by atoms with E-state index in [1.165, 1.54) is 49.6 Å². The van der Waals surface area contributed by atoms with Crippen molar-refractivity contribution in [3.05, 3.63) is 47.0 Å². The molecule has 2 aromatic rings.